The molecular weight excluding hydrogens is 402 g/mol. The molecule has 7 nitrogen and oxygen atoms in total. The fourth-order valence-electron chi connectivity index (χ4n) is 6.36. The Morgan fingerprint density at radius 1 is 1.20 bits per heavy atom. The van der Waals surface area contributed by atoms with Gasteiger partial charge in [0.05, 0.1) is 23.2 Å². The van der Waals surface area contributed by atoms with Gasteiger partial charge in [0.2, 0.25) is 17.7 Å². The van der Waals surface area contributed by atoms with Gasteiger partial charge >= 0.3 is 0 Å². The number of carbonyl (C=O) groups is 3. The second kappa shape index (κ2) is 8.34. The molecule has 5 atom stereocenters. The van der Waals surface area contributed by atoms with Gasteiger partial charge in [-0.3, -0.25) is 14.4 Å². The van der Waals surface area contributed by atoms with Crippen LogP contribution in [0.5, 0.6) is 0 Å². The number of β-amino-alcohol motifs (C(OH)–C–C–N with tert-alkyl or cyclic N) is 1. The number of hydrogen-bond donors (Lipinski definition) is 3. The van der Waals surface area contributed by atoms with E-state index in [2.05, 4.69) is 17.6 Å². The van der Waals surface area contributed by atoms with Gasteiger partial charge in [0.15, 0.2) is 0 Å². The van der Waals surface area contributed by atoms with Crippen molar-refractivity contribution in [2.45, 2.75) is 86.8 Å². The molecule has 4 aliphatic rings. The third-order valence-electron chi connectivity index (χ3n) is 7.65. The maximum Gasteiger partial charge on any atom is 0.244 e. The molecule has 3 saturated heterocycles. The second-order valence-electron chi connectivity index (χ2n) is 9.62. The maximum absolute atomic E-state index is 13.5. The molecular formula is C22H35N3O4S. The lowest BCUT2D eigenvalue weighted by atomic mass is 9.66. The monoisotopic (exact) mass is 437 g/mol. The maximum atomic E-state index is 13.5. The summed E-state index contributed by atoms with van der Waals surface area (Å²) >= 11 is 1.69. The van der Waals surface area contributed by atoms with Gasteiger partial charge in [-0.05, 0) is 39.0 Å². The number of thioether (sulfide) groups is 1. The molecule has 3 N–H and O–H groups in total. The highest BCUT2D eigenvalue weighted by Crippen LogP contribution is 2.71. The average molecular weight is 438 g/mol. The summed E-state index contributed by atoms with van der Waals surface area (Å²) in [6.45, 7) is 4.64. The molecule has 1 saturated carbocycles. The average Bonchev–Trinajstić information content (AvgIpc) is 3.28. The Labute approximate surface area is 183 Å². The van der Waals surface area contributed by atoms with Crippen molar-refractivity contribution in [3.63, 3.8) is 0 Å². The van der Waals surface area contributed by atoms with Crippen LogP contribution < -0.4 is 10.6 Å². The summed E-state index contributed by atoms with van der Waals surface area (Å²) in [5, 5.41) is 15.8. The number of aliphatic hydroxyl groups excluding tert-OH is 1. The first kappa shape index (κ1) is 21.9. The number of nitrogens with one attached hydrogen (secondary N) is 2. The Morgan fingerprint density at radius 2 is 1.93 bits per heavy atom. The zero-order valence-electron chi connectivity index (χ0n) is 18.1. The standard InChI is InChI=1S/C22H35N3O4S/c1-3-11-23-18(27)15-16-20(29)25(12-13-26)17(22(16)10-9-21(15,2)30-22)19(28)24-14-7-5-4-6-8-14/h14-17,26H,3-13H2,1-2H3,(H,23,27)(H,24,28)/t15-,16+,17?,21+,22?/m1/s1. The van der Waals surface area contributed by atoms with Gasteiger partial charge in [-0.2, -0.15) is 0 Å². The number of amides is 3. The molecule has 1 aliphatic carbocycles. The number of hydrogen-bond acceptors (Lipinski definition) is 5. The topological polar surface area (TPSA) is 98.7 Å². The van der Waals surface area contributed by atoms with Crippen LogP contribution in [-0.2, 0) is 14.4 Å². The highest BCUT2D eigenvalue weighted by molar-refractivity contribution is 8.02. The number of aliphatic hydroxyl groups is 1. The number of likely N-dealkylation sites (tertiary alicyclic amines) is 1. The number of carbonyl (C=O) groups excluding carboxylic acids is 3. The van der Waals surface area contributed by atoms with E-state index in [1.165, 1.54) is 6.42 Å². The van der Waals surface area contributed by atoms with Crippen molar-refractivity contribution < 1.29 is 19.5 Å². The van der Waals surface area contributed by atoms with Crippen molar-refractivity contribution >= 4 is 29.5 Å². The molecule has 4 rings (SSSR count). The lowest BCUT2D eigenvalue weighted by Crippen LogP contribution is -2.56. The quantitative estimate of drug-likeness (QED) is 0.560. The molecule has 2 unspecified atom stereocenters. The van der Waals surface area contributed by atoms with Gasteiger partial charge in [0.25, 0.3) is 0 Å². The summed E-state index contributed by atoms with van der Waals surface area (Å²) in [5.41, 5.74) is 0. The third-order valence-corrected chi connectivity index (χ3v) is 9.63. The highest BCUT2D eigenvalue weighted by atomic mass is 32.2. The molecule has 0 aromatic heterocycles. The van der Waals surface area contributed by atoms with Crippen molar-refractivity contribution in [2.75, 3.05) is 19.7 Å². The summed E-state index contributed by atoms with van der Waals surface area (Å²) in [6.07, 6.45) is 7.84. The van der Waals surface area contributed by atoms with Gasteiger partial charge in [-0.25, -0.2) is 0 Å². The van der Waals surface area contributed by atoms with Crippen LogP contribution in [0.4, 0.5) is 0 Å². The predicted molar refractivity (Wildman–Crippen MR) is 116 cm³/mol. The Morgan fingerprint density at radius 3 is 2.60 bits per heavy atom. The van der Waals surface area contributed by atoms with Crippen LogP contribution in [-0.4, -0.2) is 69.0 Å². The smallest absolute Gasteiger partial charge is 0.244 e. The molecule has 168 valence electrons. The number of nitrogens with zero attached hydrogens (tertiary/aromatic N) is 1. The van der Waals surface area contributed by atoms with Crippen LogP contribution in [0, 0.1) is 11.8 Å². The lowest BCUT2D eigenvalue weighted by molar-refractivity contribution is -0.141. The molecule has 0 aromatic carbocycles. The minimum atomic E-state index is -0.611. The summed E-state index contributed by atoms with van der Waals surface area (Å²) < 4.78 is -0.902. The van der Waals surface area contributed by atoms with E-state index in [9.17, 15) is 19.5 Å². The summed E-state index contributed by atoms with van der Waals surface area (Å²) in [4.78, 5) is 41.7. The van der Waals surface area contributed by atoms with E-state index >= 15 is 0 Å². The van der Waals surface area contributed by atoms with E-state index in [1.54, 1.807) is 16.7 Å². The lowest BCUT2D eigenvalue weighted by Gasteiger charge is -2.35. The van der Waals surface area contributed by atoms with Crippen molar-refractivity contribution in [3.8, 4) is 0 Å². The first-order valence-electron chi connectivity index (χ1n) is 11.6. The predicted octanol–water partition coefficient (Wildman–Crippen LogP) is 1.44. The summed E-state index contributed by atoms with van der Waals surface area (Å²) in [6, 6.07) is -0.449. The molecule has 1 spiro atoms. The third kappa shape index (κ3) is 3.34. The largest absolute Gasteiger partial charge is 0.395 e. The van der Waals surface area contributed by atoms with Gasteiger partial charge < -0.3 is 20.6 Å². The molecule has 3 amide bonds. The minimum Gasteiger partial charge on any atom is -0.395 e. The first-order valence-corrected chi connectivity index (χ1v) is 12.4. The summed E-state index contributed by atoms with van der Waals surface area (Å²) in [7, 11) is 0. The van der Waals surface area contributed by atoms with Crippen molar-refractivity contribution in [1.82, 2.24) is 15.5 Å². The molecule has 3 heterocycles. The zero-order valence-corrected chi connectivity index (χ0v) is 18.9. The normalized spacial score (nSPS) is 38.0. The second-order valence-corrected chi connectivity index (χ2v) is 11.5. The van der Waals surface area contributed by atoms with Gasteiger partial charge in [0.1, 0.15) is 6.04 Å². The fraction of sp³-hybridized carbons (Fsp3) is 0.864. The molecule has 0 radical (unpaired) electrons. The van der Waals surface area contributed by atoms with Crippen molar-refractivity contribution in [1.29, 1.82) is 0 Å². The van der Waals surface area contributed by atoms with E-state index in [4.69, 9.17) is 0 Å². The minimum absolute atomic E-state index is 0.0657. The number of fused-ring (bicyclic) bond motifs is 1. The summed E-state index contributed by atoms with van der Waals surface area (Å²) in [5.74, 6) is -1.22. The van der Waals surface area contributed by atoms with Crippen LogP contribution in [0.3, 0.4) is 0 Å². The van der Waals surface area contributed by atoms with Crippen LogP contribution >= 0.6 is 11.8 Å². The van der Waals surface area contributed by atoms with Crippen molar-refractivity contribution in [3.05, 3.63) is 0 Å². The van der Waals surface area contributed by atoms with E-state index in [-0.39, 0.29) is 41.7 Å². The highest BCUT2D eigenvalue weighted by Gasteiger charge is 2.77. The van der Waals surface area contributed by atoms with Crippen LogP contribution in [0.15, 0.2) is 0 Å². The van der Waals surface area contributed by atoms with Gasteiger partial charge in [-0.1, -0.05) is 26.2 Å². The zero-order chi connectivity index (χ0) is 21.5. The SMILES string of the molecule is CCCNC(=O)[C@H]1[C@H]2C(=O)N(CCO)C(C(=O)NC3CCCCC3)C23CC[C@]1(C)S3. The van der Waals surface area contributed by atoms with Gasteiger partial charge in [-0.15, -0.1) is 11.8 Å². The molecule has 2 bridgehead atoms. The van der Waals surface area contributed by atoms with Crippen LogP contribution in [0.2, 0.25) is 0 Å². The Kier molecular flexibility index (Phi) is 6.10. The fourth-order valence-corrected chi connectivity index (χ4v) is 8.72. The Bertz CT molecular complexity index is 712. The first-order chi connectivity index (χ1) is 14.4. The molecule has 30 heavy (non-hydrogen) atoms. The molecule has 0 aromatic rings. The number of rotatable bonds is 7. The van der Waals surface area contributed by atoms with Crippen molar-refractivity contribution in [2.24, 2.45) is 11.8 Å². The van der Waals surface area contributed by atoms with E-state index in [1.807, 2.05) is 6.92 Å². The van der Waals surface area contributed by atoms with E-state index in [0.717, 1.165) is 44.9 Å². The molecule has 3 aliphatic heterocycles. The molecule has 4 fully saturated rings. The van der Waals surface area contributed by atoms with E-state index in [0.29, 0.717) is 6.54 Å². The van der Waals surface area contributed by atoms with E-state index < -0.39 is 22.6 Å². The van der Waals surface area contributed by atoms with Crippen LogP contribution in [0.1, 0.15) is 65.2 Å². The Hall–Kier alpha value is -1.28. The van der Waals surface area contributed by atoms with Crippen LogP contribution in [0.25, 0.3) is 0 Å². The molecule has 8 heteroatoms. The van der Waals surface area contributed by atoms with Gasteiger partial charge in [0, 0.05) is 23.9 Å². The Balaban J connectivity index is 1.64.